The van der Waals surface area contributed by atoms with Crippen LogP contribution in [0.2, 0.25) is 0 Å². The number of hydrogen-bond donors (Lipinski definition) is 0. The number of rotatable bonds is 9. The summed E-state index contributed by atoms with van der Waals surface area (Å²) in [5.74, 6) is 0.615. The van der Waals surface area contributed by atoms with Gasteiger partial charge in [-0.05, 0) is 31.7 Å². The number of nitrogens with zero attached hydrogens (tertiary/aromatic N) is 2. The van der Waals surface area contributed by atoms with Gasteiger partial charge in [-0.15, -0.1) is 0 Å². The summed E-state index contributed by atoms with van der Waals surface area (Å²) in [6.07, 6.45) is 10.1. The molecule has 20 heavy (non-hydrogen) atoms. The molecule has 1 fully saturated rings. The molecule has 1 aromatic rings. The fourth-order valence-corrected chi connectivity index (χ4v) is 1.96. The number of aromatic nitrogens is 2. The maximum absolute atomic E-state index is 11.2. The molecule has 1 aliphatic heterocycles. The average molecular weight is 278 g/mol. The molecule has 5 heteroatoms. The number of epoxide rings is 1. The summed E-state index contributed by atoms with van der Waals surface area (Å²) in [4.78, 5) is 19.5. The van der Waals surface area contributed by atoms with Crippen molar-refractivity contribution in [3.63, 3.8) is 0 Å². The van der Waals surface area contributed by atoms with Crippen LogP contribution >= 0.6 is 0 Å². The summed E-state index contributed by atoms with van der Waals surface area (Å²) in [5, 5.41) is 0. The lowest BCUT2D eigenvalue weighted by Crippen LogP contribution is -2.12. The molecule has 0 aromatic carbocycles. The Morgan fingerprint density at radius 2 is 1.90 bits per heavy atom. The molecule has 2 rings (SSSR count). The Morgan fingerprint density at radius 1 is 1.25 bits per heavy atom. The Bertz CT molecular complexity index is 416. The van der Waals surface area contributed by atoms with Gasteiger partial charge in [0.2, 0.25) is 0 Å². The van der Waals surface area contributed by atoms with Crippen molar-refractivity contribution < 1.29 is 14.3 Å². The van der Waals surface area contributed by atoms with E-state index in [1.165, 1.54) is 18.4 Å². The minimum absolute atomic E-state index is 0.204. The molecule has 0 aliphatic carbocycles. The van der Waals surface area contributed by atoms with Gasteiger partial charge in [0.15, 0.2) is 6.10 Å². The summed E-state index contributed by atoms with van der Waals surface area (Å²) in [6.45, 7) is 2.94. The van der Waals surface area contributed by atoms with Crippen molar-refractivity contribution in [1.29, 1.82) is 0 Å². The summed E-state index contributed by atoms with van der Waals surface area (Å²) in [7, 11) is 0. The van der Waals surface area contributed by atoms with Crippen molar-refractivity contribution in [3.05, 3.63) is 23.8 Å². The lowest BCUT2D eigenvalue weighted by molar-refractivity contribution is -0.145. The van der Waals surface area contributed by atoms with Crippen LogP contribution in [0.3, 0.4) is 0 Å². The predicted molar refractivity (Wildman–Crippen MR) is 74.3 cm³/mol. The molecular weight excluding hydrogens is 256 g/mol. The number of hydrogen-bond acceptors (Lipinski definition) is 5. The molecule has 2 heterocycles. The quantitative estimate of drug-likeness (QED) is 0.394. The second-order valence-corrected chi connectivity index (χ2v) is 5.15. The highest BCUT2D eigenvalue weighted by Crippen LogP contribution is 2.11. The number of unbranched alkanes of at least 4 members (excludes halogenated alkanes) is 4. The van der Waals surface area contributed by atoms with E-state index in [4.69, 9.17) is 9.47 Å². The van der Waals surface area contributed by atoms with Crippen molar-refractivity contribution in [2.75, 3.05) is 13.2 Å². The minimum Gasteiger partial charge on any atom is -0.464 e. The van der Waals surface area contributed by atoms with Crippen molar-refractivity contribution >= 4 is 5.97 Å². The molecule has 1 unspecified atom stereocenters. The van der Waals surface area contributed by atoms with Crippen LogP contribution in [0.15, 0.2) is 12.4 Å². The number of carbonyl (C=O) groups is 1. The van der Waals surface area contributed by atoms with Crippen molar-refractivity contribution in [1.82, 2.24) is 9.97 Å². The van der Waals surface area contributed by atoms with Crippen LogP contribution in [0.1, 0.15) is 43.5 Å². The van der Waals surface area contributed by atoms with Gasteiger partial charge in [0, 0.05) is 12.4 Å². The monoisotopic (exact) mass is 278 g/mol. The van der Waals surface area contributed by atoms with Crippen LogP contribution in [0, 0.1) is 6.92 Å². The van der Waals surface area contributed by atoms with E-state index in [0.717, 1.165) is 31.5 Å². The third kappa shape index (κ3) is 5.65. The molecule has 0 saturated carbocycles. The number of esters is 1. The molecule has 1 aromatic heterocycles. The first-order chi connectivity index (χ1) is 9.75. The van der Waals surface area contributed by atoms with E-state index in [2.05, 4.69) is 9.97 Å². The highest BCUT2D eigenvalue weighted by Gasteiger charge is 2.32. The van der Waals surface area contributed by atoms with Crippen LogP contribution in [0.4, 0.5) is 0 Å². The molecule has 1 saturated heterocycles. The lowest BCUT2D eigenvalue weighted by atomic mass is 10.1. The zero-order valence-electron chi connectivity index (χ0n) is 12.0. The Balaban J connectivity index is 1.41. The summed E-state index contributed by atoms with van der Waals surface area (Å²) in [5.41, 5.74) is 1.20. The highest BCUT2D eigenvalue weighted by molar-refractivity contribution is 5.76. The van der Waals surface area contributed by atoms with Crippen LogP contribution < -0.4 is 0 Å². The Hall–Kier alpha value is -1.49. The predicted octanol–water partition coefficient (Wildman–Crippen LogP) is 2.22. The van der Waals surface area contributed by atoms with Gasteiger partial charge in [-0.25, -0.2) is 14.8 Å². The molecule has 1 atom stereocenters. The molecule has 0 bridgehead atoms. The van der Waals surface area contributed by atoms with E-state index in [0.29, 0.717) is 13.2 Å². The first kappa shape index (κ1) is 14.9. The maximum atomic E-state index is 11.2. The topological polar surface area (TPSA) is 64.6 Å². The average Bonchev–Trinajstić information content (AvgIpc) is 3.28. The molecule has 5 nitrogen and oxygen atoms in total. The number of aryl methyl sites for hydroxylation is 2. The smallest absolute Gasteiger partial charge is 0.337 e. The van der Waals surface area contributed by atoms with E-state index in [-0.39, 0.29) is 12.1 Å². The first-order valence-electron chi connectivity index (χ1n) is 7.31. The van der Waals surface area contributed by atoms with Gasteiger partial charge in [-0.1, -0.05) is 19.3 Å². The van der Waals surface area contributed by atoms with E-state index < -0.39 is 0 Å². The largest absolute Gasteiger partial charge is 0.464 e. The zero-order valence-corrected chi connectivity index (χ0v) is 12.0. The molecular formula is C15H22N2O3. The van der Waals surface area contributed by atoms with Gasteiger partial charge in [-0.2, -0.15) is 0 Å². The van der Waals surface area contributed by atoms with Gasteiger partial charge >= 0.3 is 5.97 Å². The Morgan fingerprint density at radius 3 is 2.60 bits per heavy atom. The normalized spacial score (nSPS) is 16.9. The number of carbonyl (C=O) groups excluding carboxylic acids is 1. The van der Waals surface area contributed by atoms with Gasteiger partial charge in [0.05, 0.1) is 13.2 Å². The second-order valence-electron chi connectivity index (χ2n) is 5.15. The van der Waals surface area contributed by atoms with Crippen LogP contribution in [0.5, 0.6) is 0 Å². The summed E-state index contributed by atoms with van der Waals surface area (Å²) in [6, 6.07) is 0. The molecule has 0 radical (unpaired) electrons. The summed E-state index contributed by atoms with van der Waals surface area (Å²) >= 11 is 0. The molecule has 0 amide bonds. The van der Waals surface area contributed by atoms with Crippen LogP contribution in [-0.4, -0.2) is 35.3 Å². The van der Waals surface area contributed by atoms with Gasteiger partial charge in [0.25, 0.3) is 0 Å². The fourth-order valence-electron chi connectivity index (χ4n) is 1.96. The SMILES string of the molecule is Cc1ncc(CCCCCCCOC(=O)C2CO2)cn1. The molecule has 0 spiro atoms. The van der Waals surface area contributed by atoms with Crippen LogP contribution in [0.25, 0.3) is 0 Å². The number of ether oxygens (including phenoxy) is 2. The second kappa shape index (κ2) is 7.94. The van der Waals surface area contributed by atoms with E-state index in [9.17, 15) is 4.79 Å². The Labute approximate surface area is 119 Å². The standard InChI is InChI=1S/C15H22N2O3/c1-12-16-9-13(10-17-12)7-5-3-2-4-6-8-19-15(18)14-11-20-14/h9-10,14H,2-8,11H2,1H3. The lowest BCUT2D eigenvalue weighted by Gasteiger charge is -2.03. The van der Waals surface area contributed by atoms with E-state index in [1.54, 1.807) is 0 Å². The van der Waals surface area contributed by atoms with Gasteiger partial charge < -0.3 is 9.47 Å². The van der Waals surface area contributed by atoms with E-state index in [1.807, 2.05) is 19.3 Å². The van der Waals surface area contributed by atoms with E-state index >= 15 is 0 Å². The summed E-state index contributed by atoms with van der Waals surface area (Å²) < 4.78 is 9.92. The Kier molecular flexibility index (Phi) is 5.92. The molecule has 110 valence electrons. The first-order valence-corrected chi connectivity index (χ1v) is 7.31. The molecule has 0 N–H and O–H groups in total. The fraction of sp³-hybridized carbons (Fsp3) is 0.667. The maximum Gasteiger partial charge on any atom is 0.337 e. The highest BCUT2D eigenvalue weighted by atomic mass is 16.6. The van der Waals surface area contributed by atoms with Crippen molar-refractivity contribution in [2.45, 2.75) is 51.6 Å². The molecule has 1 aliphatic rings. The zero-order chi connectivity index (χ0) is 14.2. The third-order valence-corrected chi connectivity index (χ3v) is 3.28. The van der Waals surface area contributed by atoms with Gasteiger partial charge in [-0.3, -0.25) is 0 Å². The van der Waals surface area contributed by atoms with Gasteiger partial charge in [0.1, 0.15) is 5.82 Å². The van der Waals surface area contributed by atoms with Crippen LogP contribution in [-0.2, 0) is 20.7 Å². The van der Waals surface area contributed by atoms with Crippen molar-refractivity contribution in [2.24, 2.45) is 0 Å². The minimum atomic E-state index is -0.272. The third-order valence-electron chi connectivity index (χ3n) is 3.28. The van der Waals surface area contributed by atoms with Crippen molar-refractivity contribution in [3.8, 4) is 0 Å².